The number of piperazine rings is 1. The second-order valence-corrected chi connectivity index (χ2v) is 7.47. The monoisotopic (exact) mass is 417 g/mol. The molecule has 1 amide bonds. The van der Waals surface area contributed by atoms with E-state index in [2.05, 4.69) is 41.1 Å². The Morgan fingerprint density at radius 1 is 1.06 bits per heavy atom. The highest BCUT2D eigenvalue weighted by Crippen LogP contribution is 2.25. The summed E-state index contributed by atoms with van der Waals surface area (Å²) in [5, 5.41) is 0. The normalized spacial score (nSPS) is 14.1. The van der Waals surface area contributed by atoms with Gasteiger partial charge in [-0.1, -0.05) is 18.2 Å². The summed E-state index contributed by atoms with van der Waals surface area (Å²) in [7, 11) is 0. The zero-order chi connectivity index (χ0) is 21.6. The Morgan fingerprint density at radius 3 is 2.61 bits per heavy atom. The van der Waals surface area contributed by atoms with Gasteiger partial charge in [-0.3, -0.25) is 9.78 Å². The summed E-state index contributed by atoms with van der Waals surface area (Å²) in [5.41, 5.74) is 3.01. The lowest BCUT2D eigenvalue weighted by Crippen LogP contribution is -2.48. The fourth-order valence-corrected chi connectivity index (χ4v) is 3.52. The van der Waals surface area contributed by atoms with E-state index >= 15 is 0 Å². The molecule has 1 fully saturated rings. The van der Waals surface area contributed by atoms with Crippen LogP contribution in [0.5, 0.6) is 11.5 Å². The van der Waals surface area contributed by atoms with E-state index in [0.29, 0.717) is 24.4 Å². The van der Waals surface area contributed by atoms with Crippen molar-refractivity contribution in [3.63, 3.8) is 0 Å². The number of hydrogen-bond donors (Lipinski definition) is 0. The van der Waals surface area contributed by atoms with E-state index in [1.54, 1.807) is 36.5 Å². The van der Waals surface area contributed by atoms with Crippen LogP contribution < -0.4 is 9.64 Å². The van der Waals surface area contributed by atoms with Gasteiger partial charge in [0.1, 0.15) is 5.75 Å². The largest absolute Gasteiger partial charge is 0.453 e. The molecule has 0 radical (unpaired) electrons. The second kappa shape index (κ2) is 9.43. The molecule has 31 heavy (non-hydrogen) atoms. The molecule has 0 spiro atoms. The molecule has 0 saturated carbocycles. The molecule has 1 saturated heterocycles. The molecule has 4 rings (SSSR count). The van der Waals surface area contributed by atoms with Gasteiger partial charge in [-0.2, -0.15) is 0 Å². The van der Waals surface area contributed by atoms with Crippen LogP contribution in [-0.4, -0.2) is 42.0 Å². The Balaban J connectivity index is 1.33. The van der Waals surface area contributed by atoms with Gasteiger partial charge in [-0.15, -0.1) is 0 Å². The third-order valence-electron chi connectivity index (χ3n) is 5.19. The summed E-state index contributed by atoms with van der Waals surface area (Å²) < 4.78 is 19.9. The highest BCUT2D eigenvalue weighted by atomic mass is 19.1. The number of hydrogen-bond acceptors (Lipinski definition) is 4. The standard InChI is InChI=1S/C25H24FN3O2/c1-19-4-2-5-21(16-19)28-12-14-29(15-13-28)25(30)10-8-20-7-9-24(23(26)17-20)31-22-6-3-11-27-18-22/h2-11,16-18H,12-15H2,1H3/b10-8+. The molecule has 3 aromatic rings. The lowest BCUT2D eigenvalue weighted by Gasteiger charge is -2.35. The van der Waals surface area contributed by atoms with Crippen LogP contribution in [-0.2, 0) is 4.79 Å². The van der Waals surface area contributed by atoms with E-state index in [-0.39, 0.29) is 11.7 Å². The van der Waals surface area contributed by atoms with Gasteiger partial charge < -0.3 is 14.5 Å². The van der Waals surface area contributed by atoms with E-state index in [4.69, 9.17) is 4.74 Å². The third kappa shape index (κ3) is 5.28. The molecular weight excluding hydrogens is 393 g/mol. The Hall–Kier alpha value is -3.67. The molecule has 6 heteroatoms. The number of aromatic nitrogens is 1. The van der Waals surface area contributed by atoms with Crippen LogP contribution in [0.3, 0.4) is 0 Å². The topological polar surface area (TPSA) is 45.7 Å². The number of carbonyl (C=O) groups is 1. The van der Waals surface area contributed by atoms with E-state index in [1.807, 2.05) is 4.90 Å². The van der Waals surface area contributed by atoms with Crippen LogP contribution in [0.15, 0.2) is 73.1 Å². The molecular formula is C25H24FN3O2. The molecule has 0 atom stereocenters. The first-order chi connectivity index (χ1) is 15.1. The molecule has 0 N–H and O–H groups in total. The lowest BCUT2D eigenvalue weighted by atomic mass is 10.1. The number of ether oxygens (including phenoxy) is 1. The van der Waals surface area contributed by atoms with Gasteiger partial charge >= 0.3 is 0 Å². The van der Waals surface area contributed by atoms with Gasteiger partial charge in [0.05, 0.1) is 6.20 Å². The van der Waals surface area contributed by atoms with E-state index in [1.165, 1.54) is 29.6 Å². The van der Waals surface area contributed by atoms with Gasteiger partial charge in [0, 0.05) is 44.1 Å². The number of carbonyl (C=O) groups excluding carboxylic acids is 1. The average molecular weight is 417 g/mol. The number of halogens is 1. The summed E-state index contributed by atoms with van der Waals surface area (Å²) >= 11 is 0. The maximum Gasteiger partial charge on any atom is 0.246 e. The highest BCUT2D eigenvalue weighted by molar-refractivity contribution is 5.92. The van der Waals surface area contributed by atoms with Crippen molar-refractivity contribution in [2.45, 2.75) is 6.92 Å². The quantitative estimate of drug-likeness (QED) is 0.566. The fourth-order valence-electron chi connectivity index (χ4n) is 3.52. The van der Waals surface area contributed by atoms with Crippen LogP contribution in [0.25, 0.3) is 6.08 Å². The zero-order valence-electron chi connectivity index (χ0n) is 17.4. The average Bonchev–Trinajstić information content (AvgIpc) is 2.80. The lowest BCUT2D eigenvalue weighted by molar-refractivity contribution is -0.126. The second-order valence-electron chi connectivity index (χ2n) is 7.47. The summed E-state index contributed by atoms with van der Waals surface area (Å²) in [6, 6.07) is 16.4. The van der Waals surface area contributed by atoms with Crippen molar-refractivity contribution >= 4 is 17.7 Å². The number of rotatable bonds is 5. The minimum absolute atomic E-state index is 0.0695. The third-order valence-corrected chi connectivity index (χ3v) is 5.19. The molecule has 2 aromatic carbocycles. The van der Waals surface area contributed by atoms with E-state index in [9.17, 15) is 9.18 Å². The summed E-state index contributed by atoms with van der Waals surface area (Å²) in [6.45, 7) is 4.97. The first-order valence-electron chi connectivity index (χ1n) is 10.2. The number of anilines is 1. The molecule has 0 bridgehead atoms. The molecule has 0 aliphatic carbocycles. The van der Waals surface area contributed by atoms with Crippen LogP contribution in [0.4, 0.5) is 10.1 Å². The summed E-state index contributed by atoms with van der Waals surface area (Å²) in [5.74, 6) is 0.0126. The van der Waals surface area contributed by atoms with E-state index < -0.39 is 5.82 Å². The predicted octanol–water partition coefficient (Wildman–Crippen LogP) is 4.68. The minimum Gasteiger partial charge on any atom is -0.453 e. The molecule has 1 aromatic heterocycles. The van der Waals surface area contributed by atoms with Crippen LogP contribution in [0.2, 0.25) is 0 Å². The van der Waals surface area contributed by atoms with Gasteiger partial charge in [0.2, 0.25) is 5.91 Å². The number of amides is 1. The van der Waals surface area contributed by atoms with Crippen LogP contribution in [0.1, 0.15) is 11.1 Å². The van der Waals surface area contributed by atoms with Crippen molar-refractivity contribution < 1.29 is 13.9 Å². The Morgan fingerprint density at radius 2 is 1.90 bits per heavy atom. The number of benzene rings is 2. The maximum absolute atomic E-state index is 14.4. The summed E-state index contributed by atoms with van der Waals surface area (Å²) in [4.78, 5) is 20.6. The van der Waals surface area contributed by atoms with Crippen molar-refractivity contribution in [1.82, 2.24) is 9.88 Å². The molecule has 0 unspecified atom stereocenters. The Kier molecular flexibility index (Phi) is 6.26. The van der Waals surface area contributed by atoms with Crippen molar-refractivity contribution in [2.75, 3.05) is 31.1 Å². The Bertz CT molecular complexity index is 1080. The van der Waals surface area contributed by atoms with Gasteiger partial charge in [-0.05, 0) is 60.5 Å². The first kappa shape index (κ1) is 20.6. The van der Waals surface area contributed by atoms with Gasteiger partial charge in [0.25, 0.3) is 0 Å². The number of pyridine rings is 1. The zero-order valence-corrected chi connectivity index (χ0v) is 17.4. The molecule has 158 valence electrons. The minimum atomic E-state index is -0.495. The molecule has 1 aliphatic heterocycles. The van der Waals surface area contributed by atoms with Crippen molar-refractivity contribution in [2.24, 2.45) is 0 Å². The number of nitrogens with zero attached hydrogens (tertiary/aromatic N) is 3. The van der Waals surface area contributed by atoms with Crippen molar-refractivity contribution in [1.29, 1.82) is 0 Å². The van der Waals surface area contributed by atoms with Crippen molar-refractivity contribution in [3.8, 4) is 11.5 Å². The molecule has 2 heterocycles. The van der Waals surface area contributed by atoms with E-state index in [0.717, 1.165) is 13.1 Å². The predicted molar refractivity (Wildman–Crippen MR) is 120 cm³/mol. The van der Waals surface area contributed by atoms with Crippen LogP contribution >= 0.6 is 0 Å². The molecule has 5 nitrogen and oxygen atoms in total. The highest BCUT2D eigenvalue weighted by Gasteiger charge is 2.19. The van der Waals surface area contributed by atoms with Crippen LogP contribution in [0, 0.1) is 12.7 Å². The fraction of sp³-hybridized carbons (Fsp3) is 0.200. The van der Waals surface area contributed by atoms with Gasteiger partial charge in [-0.25, -0.2) is 4.39 Å². The smallest absolute Gasteiger partial charge is 0.246 e. The Labute approximate surface area is 181 Å². The maximum atomic E-state index is 14.4. The van der Waals surface area contributed by atoms with Gasteiger partial charge in [0.15, 0.2) is 11.6 Å². The van der Waals surface area contributed by atoms with Crippen molar-refractivity contribution in [3.05, 3.63) is 90.0 Å². The first-order valence-corrected chi connectivity index (χ1v) is 10.2. The SMILES string of the molecule is Cc1cccc(N2CCN(C(=O)/C=C/c3ccc(Oc4cccnc4)c(F)c3)CC2)c1. The molecule has 1 aliphatic rings. The summed E-state index contributed by atoms with van der Waals surface area (Å²) in [6.07, 6.45) is 6.27. The number of aryl methyl sites for hydroxylation is 1.